The second-order valence-corrected chi connectivity index (χ2v) is 6.69. The van der Waals surface area contributed by atoms with Crippen LogP contribution in [-0.4, -0.2) is 66.6 Å². The van der Waals surface area contributed by atoms with E-state index >= 15 is 0 Å². The number of ether oxygens (including phenoxy) is 2. The number of carbonyl (C=O) groups excluding carboxylic acids is 1. The molecule has 3 rings (SSSR count). The molecule has 0 amide bonds. The lowest BCUT2D eigenvalue weighted by Crippen LogP contribution is -2.19. The van der Waals surface area contributed by atoms with Crippen LogP contribution in [0.5, 0.6) is 0 Å². The van der Waals surface area contributed by atoms with Crippen molar-refractivity contribution in [3.05, 3.63) is 48.0 Å². The molecule has 0 aliphatic carbocycles. The Morgan fingerprint density at radius 3 is 2.86 bits per heavy atom. The summed E-state index contributed by atoms with van der Waals surface area (Å²) in [7, 11) is 5.28. The van der Waals surface area contributed by atoms with Gasteiger partial charge in [-0.05, 0) is 38.4 Å². The van der Waals surface area contributed by atoms with Crippen molar-refractivity contribution in [1.82, 2.24) is 19.7 Å². The summed E-state index contributed by atoms with van der Waals surface area (Å²) in [5.74, 6) is -0.452. The molecular weight excluding hydrogens is 377 g/mol. The van der Waals surface area contributed by atoms with Gasteiger partial charge < -0.3 is 19.7 Å². The summed E-state index contributed by atoms with van der Waals surface area (Å²) in [4.78, 5) is 18.1. The zero-order valence-electron chi connectivity index (χ0n) is 16.7. The number of methoxy groups -OCH3 is 1. The summed E-state index contributed by atoms with van der Waals surface area (Å²) < 4.78 is 26.1. The van der Waals surface area contributed by atoms with Crippen molar-refractivity contribution in [2.75, 3.05) is 46.3 Å². The highest BCUT2D eigenvalue weighted by Gasteiger charge is 2.16. The van der Waals surface area contributed by atoms with Crippen LogP contribution in [0.4, 0.5) is 15.9 Å². The number of benzene rings is 1. The van der Waals surface area contributed by atoms with Gasteiger partial charge in [-0.3, -0.25) is 9.67 Å². The van der Waals surface area contributed by atoms with Crippen molar-refractivity contribution in [3.8, 4) is 0 Å². The smallest absolute Gasteiger partial charge is 0.340 e. The molecule has 2 heterocycles. The largest absolute Gasteiger partial charge is 0.465 e. The lowest BCUT2D eigenvalue weighted by molar-refractivity contribution is 0.0601. The number of pyridine rings is 1. The first kappa shape index (κ1) is 20.7. The van der Waals surface area contributed by atoms with Crippen LogP contribution < -0.4 is 5.32 Å². The van der Waals surface area contributed by atoms with Crippen LogP contribution in [0.15, 0.2) is 36.7 Å². The average molecular weight is 401 g/mol. The van der Waals surface area contributed by atoms with Gasteiger partial charge in [0.25, 0.3) is 0 Å². The molecule has 0 bridgehead atoms. The number of rotatable bonds is 9. The molecule has 0 saturated carbocycles. The Morgan fingerprint density at radius 1 is 1.28 bits per heavy atom. The van der Waals surface area contributed by atoms with Gasteiger partial charge in [0.1, 0.15) is 5.82 Å². The number of anilines is 2. The molecule has 0 atom stereocenters. The third kappa shape index (κ3) is 5.07. The summed E-state index contributed by atoms with van der Waals surface area (Å²) in [6, 6.07) is 6.02. The number of nitrogens with zero attached hydrogens (tertiary/aromatic N) is 4. The molecule has 0 aliphatic rings. The van der Waals surface area contributed by atoms with Crippen molar-refractivity contribution in [2.45, 2.75) is 6.54 Å². The molecule has 29 heavy (non-hydrogen) atoms. The van der Waals surface area contributed by atoms with Gasteiger partial charge in [0, 0.05) is 18.1 Å². The molecule has 0 radical (unpaired) electrons. The number of nitrogens with one attached hydrogen (secondary N) is 1. The number of carbonyl (C=O) groups is 1. The summed E-state index contributed by atoms with van der Waals surface area (Å²) in [5.41, 5.74) is 1.50. The zero-order chi connectivity index (χ0) is 20.8. The number of hydrogen-bond donors (Lipinski definition) is 1. The minimum atomic E-state index is -0.501. The first-order chi connectivity index (χ1) is 14.0. The molecule has 0 spiro atoms. The number of aromatic nitrogens is 3. The van der Waals surface area contributed by atoms with Crippen molar-refractivity contribution >= 4 is 28.4 Å². The van der Waals surface area contributed by atoms with Gasteiger partial charge >= 0.3 is 5.97 Å². The Kier molecular flexibility index (Phi) is 6.73. The average Bonchev–Trinajstić information content (AvgIpc) is 3.04. The Balaban J connectivity index is 1.85. The molecule has 1 N–H and O–H groups in total. The molecule has 0 unspecified atom stereocenters. The van der Waals surface area contributed by atoms with E-state index in [0.717, 1.165) is 12.1 Å². The fraction of sp³-hybridized carbons (Fsp3) is 0.350. The van der Waals surface area contributed by atoms with Gasteiger partial charge in [-0.15, -0.1) is 0 Å². The number of hydrogen-bond acceptors (Lipinski definition) is 7. The lowest BCUT2D eigenvalue weighted by atomic mass is 10.2. The van der Waals surface area contributed by atoms with Gasteiger partial charge in [-0.2, -0.15) is 5.10 Å². The standard InChI is InChI=1S/C20H24FN5O3/c1-25(2)8-10-29-11-9-26-18-5-4-14(21)12-16(18)19(24-26)23-17-13-22-7-6-15(17)20(27)28-3/h4-7,12-13H,8-11H2,1-3H3,(H,23,24). The molecule has 8 nitrogen and oxygen atoms in total. The predicted octanol–water partition coefficient (Wildman–Crippen LogP) is 2.68. The third-order valence-corrected chi connectivity index (χ3v) is 4.32. The molecular formula is C20H24FN5O3. The number of halogens is 1. The second kappa shape index (κ2) is 9.44. The molecule has 0 aliphatic heterocycles. The van der Waals surface area contributed by atoms with Crippen LogP contribution >= 0.6 is 0 Å². The molecule has 9 heteroatoms. The first-order valence-electron chi connectivity index (χ1n) is 9.17. The van der Waals surface area contributed by atoms with Gasteiger partial charge in [0.2, 0.25) is 0 Å². The van der Waals surface area contributed by atoms with Crippen LogP contribution in [0.25, 0.3) is 10.9 Å². The van der Waals surface area contributed by atoms with Crippen LogP contribution in [0.3, 0.4) is 0 Å². The quantitative estimate of drug-likeness (QED) is 0.436. The fourth-order valence-electron chi connectivity index (χ4n) is 2.82. The Morgan fingerprint density at radius 2 is 2.10 bits per heavy atom. The van der Waals surface area contributed by atoms with Gasteiger partial charge in [-0.1, -0.05) is 0 Å². The maximum Gasteiger partial charge on any atom is 0.340 e. The minimum absolute atomic E-state index is 0.314. The van der Waals surface area contributed by atoms with Crippen molar-refractivity contribution in [1.29, 1.82) is 0 Å². The first-order valence-corrected chi connectivity index (χ1v) is 9.17. The van der Waals surface area contributed by atoms with Crippen molar-refractivity contribution in [3.63, 3.8) is 0 Å². The number of esters is 1. The van der Waals surface area contributed by atoms with Crippen LogP contribution in [0, 0.1) is 5.82 Å². The lowest BCUT2D eigenvalue weighted by Gasteiger charge is -2.10. The van der Waals surface area contributed by atoms with Gasteiger partial charge in [-0.25, -0.2) is 9.18 Å². The van der Waals surface area contributed by atoms with E-state index in [1.807, 2.05) is 19.0 Å². The minimum Gasteiger partial charge on any atom is -0.465 e. The molecule has 3 aromatic rings. The van der Waals surface area contributed by atoms with E-state index in [0.29, 0.717) is 42.2 Å². The Hall–Kier alpha value is -3.04. The maximum absolute atomic E-state index is 13.9. The SMILES string of the molecule is COC(=O)c1ccncc1Nc1nn(CCOCCN(C)C)c2ccc(F)cc12. The van der Waals surface area contributed by atoms with E-state index in [2.05, 4.69) is 15.4 Å². The molecule has 2 aromatic heterocycles. The number of fused-ring (bicyclic) bond motifs is 1. The van der Waals surface area contributed by atoms with E-state index in [-0.39, 0.29) is 5.82 Å². The Labute approximate surface area is 168 Å². The third-order valence-electron chi connectivity index (χ3n) is 4.32. The van der Waals surface area contributed by atoms with E-state index in [4.69, 9.17) is 9.47 Å². The summed E-state index contributed by atoms with van der Waals surface area (Å²) in [5, 5.41) is 8.23. The molecule has 0 saturated heterocycles. The van der Waals surface area contributed by atoms with Gasteiger partial charge in [0.15, 0.2) is 5.82 Å². The van der Waals surface area contributed by atoms with Crippen LogP contribution in [0.1, 0.15) is 10.4 Å². The molecule has 154 valence electrons. The fourth-order valence-corrected chi connectivity index (χ4v) is 2.82. The summed E-state index contributed by atoms with van der Waals surface area (Å²) in [6.45, 7) is 2.43. The topological polar surface area (TPSA) is 81.5 Å². The van der Waals surface area contributed by atoms with E-state index in [1.54, 1.807) is 16.8 Å². The van der Waals surface area contributed by atoms with E-state index in [9.17, 15) is 9.18 Å². The van der Waals surface area contributed by atoms with Crippen LogP contribution in [-0.2, 0) is 16.0 Å². The second-order valence-electron chi connectivity index (χ2n) is 6.69. The van der Waals surface area contributed by atoms with Crippen molar-refractivity contribution < 1.29 is 18.7 Å². The Bertz CT molecular complexity index is 989. The van der Waals surface area contributed by atoms with E-state index in [1.165, 1.54) is 31.6 Å². The zero-order valence-corrected chi connectivity index (χ0v) is 16.7. The number of likely N-dealkylation sites (N-methyl/N-ethyl adjacent to an activating group) is 1. The van der Waals surface area contributed by atoms with Crippen LogP contribution in [0.2, 0.25) is 0 Å². The predicted molar refractivity (Wildman–Crippen MR) is 108 cm³/mol. The van der Waals surface area contributed by atoms with Gasteiger partial charge in [0.05, 0.1) is 49.8 Å². The highest BCUT2D eigenvalue weighted by molar-refractivity contribution is 5.98. The van der Waals surface area contributed by atoms with E-state index < -0.39 is 5.97 Å². The highest BCUT2D eigenvalue weighted by Crippen LogP contribution is 2.28. The van der Waals surface area contributed by atoms with Crippen molar-refractivity contribution in [2.24, 2.45) is 0 Å². The molecule has 0 fully saturated rings. The summed E-state index contributed by atoms with van der Waals surface area (Å²) >= 11 is 0. The summed E-state index contributed by atoms with van der Waals surface area (Å²) in [6.07, 6.45) is 3.00. The normalized spacial score (nSPS) is 11.2. The molecule has 1 aromatic carbocycles. The highest BCUT2D eigenvalue weighted by atomic mass is 19.1. The monoisotopic (exact) mass is 401 g/mol. The maximum atomic E-state index is 13.9.